The molecule has 0 saturated carbocycles. The first kappa shape index (κ1) is 18.0. The maximum absolute atomic E-state index is 14.2. The Morgan fingerprint density at radius 2 is 2.26 bits per heavy atom. The van der Waals surface area contributed by atoms with Gasteiger partial charge in [-0.15, -0.1) is 11.3 Å². The lowest BCUT2D eigenvalue weighted by molar-refractivity contribution is -0.148. The van der Waals surface area contributed by atoms with Crippen molar-refractivity contribution >= 4 is 39.9 Å². The third-order valence-electron chi connectivity index (χ3n) is 3.33. The normalized spacial score (nSPS) is 21.0. The van der Waals surface area contributed by atoms with E-state index in [-0.39, 0.29) is 29.5 Å². The molecule has 5 nitrogen and oxygen atoms in total. The average molecular weight is 371 g/mol. The van der Waals surface area contributed by atoms with E-state index in [0.29, 0.717) is 0 Å². The van der Waals surface area contributed by atoms with E-state index < -0.39 is 41.5 Å². The maximum Gasteiger partial charge on any atom is 0.309 e. The highest BCUT2D eigenvalue weighted by Crippen LogP contribution is 2.43. The zero-order valence-electron chi connectivity index (χ0n) is 12.1. The van der Waals surface area contributed by atoms with E-state index >= 15 is 0 Å². The summed E-state index contributed by atoms with van der Waals surface area (Å²) in [5, 5.41) is 1.86. The molecule has 2 rings (SSSR count). The zero-order valence-corrected chi connectivity index (χ0v) is 13.6. The number of hydrogen-bond acceptors (Lipinski definition) is 5. The summed E-state index contributed by atoms with van der Waals surface area (Å²) >= 11 is 5.76. The predicted molar refractivity (Wildman–Crippen MR) is 78.4 cm³/mol. The van der Waals surface area contributed by atoms with Crippen LogP contribution in [-0.2, 0) is 26.7 Å². The van der Waals surface area contributed by atoms with Gasteiger partial charge in [-0.25, -0.2) is 9.37 Å². The third-order valence-corrected chi connectivity index (χ3v) is 4.52. The summed E-state index contributed by atoms with van der Waals surface area (Å²) in [6.45, 7) is 1.80. The molecule has 0 radical (unpaired) electrons. The number of nitrogens with one attached hydrogen (secondary N) is 1. The fraction of sp³-hybridized carbons (Fsp3) is 0.615. The molecule has 0 saturated heterocycles. The molecule has 0 aliphatic heterocycles. The lowest BCUT2D eigenvalue weighted by Crippen LogP contribution is -2.21. The number of hydrogen-bond donors (Lipinski definition) is 1. The second kappa shape index (κ2) is 7.04. The number of thiazole rings is 1. The quantitative estimate of drug-likeness (QED) is 0.502. The van der Waals surface area contributed by atoms with Gasteiger partial charge in [0.25, 0.3) is 17.5 Å². The number of esters is 1. The minimum Gasteiger partial charge on any atom is -0.466 e. The van der Waals surface area contributed by atoms with Crippen LogP contribution in [0.15, 0.2) is 0 Å². The van der Waals surface area contributed by atoms with Crippen molar-refractivity contribution in [2.24, 2.45) is 5.92 Å². The number of rotatable bonds is 4. The van der Waals surface area contributed by atoms with Gasteiger partial charge in [-0.3, -0.25) is 14.9 Å². The molecule has 0 fully saturated rings. The van der Waals surface area contributed by atoms with Crippen LogP contribution < -0.4 is 5.32 Å². The summed E-state index contributed by atoms with van der Waals surface area (Å²) < 4.78 is 45.9. The van der Waals surface area contributed by atoms with Crippen molar-refractivity contribution in [1.29, 1.82) is 0 Å². The Balaban J connectivity index is 2.26. The van der Waals surface area contributed by atoms with Crippen molar-refractivity contribution in [3.05, 3.63) is 10.6 Å². The van der Waals surface area contributed by atoms with E-state index in [1.165, 1.54) is 0 Å². The maximum atomic E-state index is 14.2. The smallest absolute Gasteiger partial charge is 0.309 e. The lowest BCUT2D eigenvalue weighted by atomic mass is 10.0. The largest absolute Gasteiger partial charge is 0.466 e. The van der Waals surface area contributed by atoms with Gasteiger partial charge in [-0.2, -0.15) is 8.78 Å². The molecular weight excluding hydrogens is 357 g/mol. The van der Waals surface area contributed by atoms with Crippen LogP contribution >= 0.6 is 22.9 Å². The summed E-state index contributed by atoms with van der Waals surface area (Å²) in [5.41, 5.74) is -2.79. The Kier molecular flexibility index (Phi) is 5.51. The van der Waals surface area contributed by atoms with E-state index in [9.17, 15) is 22.8 Å². The predicted octanol–water partition coefficient (Wildman–Crippen LogP) is 3.22. The molecule has 1 N–H and O–H groups in total. The number of carbonyl (C=O) groups is 2. The van der Waals surface area contributed by atoms with Gasteiger partial charge < -0.3 is 4.74 Å². The molecule has 0 spiro atoms. The highest BCUT2D eigenvalue weighted by atomic mass is 35.5. The third kappa shape index (κ3) is 4.14. The molecule has 10 heteroatoms. The van der Waals surface area contributed by atoms with Crippen LogP contribution in [0.2, 0.25) is 0 Å². The molecule has 2 atom stereocenters. The second-order valence-corrected chi connectivity index (χ2v) is 6.44. The molecule has 1 aliphatic rings. The first-order valence-corrected chi connectivity index (χ1v) is 8.13. The van der Waals surface area contributed by atoms with Gasteiger partial charge in [-0.1, -0.05) is 11.6 Å². The Bertz CT molecular complexity index is 609. The van der Waals surface area contributed by atoms with Crippen LogP contribution in [-0.4, -0.2) is 29.1 Å². The van der Waals surface area contributed by atoms with Crippen LogP contribution in [0.1, 0.15) is 30.3 Å². The van der Waals surface area contributed by atoms with Gasteiger partial charge in [0.15, 0.2) is 5.13 Å². The van der Waals surface area contributed by atoms with Gasteiger partial charge in [0.2, 0.25) is 0 Å². The van der Waals surface area contributed by atoms with Gasteiger partial charge in [0.05, 0.1) is 12.5 Å². The lowest BCUT2D eigenvalue weighted by Gasteiger charge is -2.14. The van der Waals surface area contributed by atoms with E-state index in [4.69, 9.17) is 16.3 Å². The molecule has 1 aliphatic carbocycles. The fourth-order valence-corrected chi connectivity index (χ4v) is 3.40. The standard InChI is InChI=1S/C13H14ClF3N2O3S/c1-2-22-11(21)6-3-4-13(16,17)8-7(5-6)23-12(18-8)19-10(20)9(14)15/h6,9H,2-5H2,1H3,(H,18,19,20). The highest BCUT2D eigenvalue weighted by Gasteiger charge is 2.42. The van der Waals surface area contributed by atoms with Gasteiger partial charge in [0.1, 0.15) is 5.69 Å². The Morgan fingerprint density at radius 1 is 1.57 bits per heavy atom. The first-order valence-electron chi connectivity index (χ1n) is 6.88. The van der Waals surface area contributed by atoms with Crippen LogP contribution in [0, 0.1) is 5.92 Å². The number of fused-ring (bicyclic) bond motifs is 1. The zero-order chi connectivity index (χ0) is 17.2. The molecule has 1 aromatic heterocycles. The van der Waals surface area contributed by atoms with E-state index in [1.807, 2.05) is 5.32 Å². The molecule has 23 heavy (non-hydrogen) atoms. The van der Waals surface area contributed by atoms with E-state index in [2.05, 4.69) is 4.98 Å². The topological polar surface area (TPSA) is 68.3 Å². The Hall–Kier alpha value is -1.35. The first-order chi connectivity index (χ1) is 10.7. The summed E-state index contributed by atoms with van der Waals surface area (Å²) in [6, 6.07) is 0. The Morgan fingerprint density at radius 3 is 2.87 bits per heavy atom. The molecule has 0 bridgehead atoms. The van der Waals surface area contributed by atoms with Crippen LogP contribution in [0.3, 0.4) is 0 Å². The van der Waals surface area contributed by atoms with Crippen molar-refractivity contribution in [3.63, 3.8) is 0 Å². The number of anilines is 1. The minimum absolute atomic E-state index is 0.0230. The van der Waals surface area contributed by atoms with Crippen LogP contribution in [0.4, 0.5) is 18.3 Å². The monoisotopic (exact) mass is 370 g/mol. The number of halogens is 4. The number of alkyl halides is 4. The van der Waals surface area contributed by atoms with Crippen molar-refractivity contribution in [2.75, 3.05) is 11.9 Å². The summed E-state index contributed by atoms with van der Waals surface area (Å²) in [6.07, 6.45) is -0.538. The van der Waals surface area contributed by atoms with E-state index in [0.717, 1.165) is 11.3 Å². The number of carbonyl (C=O) groups excluding carboxylic acids is 2. The van der Waals surface area contributed by atoms with Gasteiger partial charge in [-0.05, 0) is 19.8 Å². The average Bonchev–Trinajstić information content (AvgIpc) is 2.81. The van der Waals surface area contributed by atoms with Crippen molar-refractivity contribution < 1.29 is 27.5 Å². The second-order valence-electron chi connectivity index (χ2n) is 4.98. The van der Waals surface area contributed by atoms with Crippen molar-refractivity contribution in [3.8, 4) is 0 Å². The van der Waals surface area contributed by atoms with Crippen molar-refractivity contribution in [1.82, 2.24) is 4.98 Å². The highest BCUT2D eigenvalue weighted by molar-refractivity contribution is 7.15. The molecular formula is C13H14ClF3N2O3S. The molecule has 1 amide bonds. The van der Waals surface area contributed by atoms with Crippen LogP contribution in [0.25, 0.3) is 0 Å². The summed E-state index contributed by atoms with van der Waals surface area (Å²) in [4.78, 5) is 26.9. The number of ether oxygens (including phenoxy) is 1. The molecule has 0 aromatic carbocycles. The summed E-state index contributed by atoms with van der Waals surface area (Å²) in [7, 11) is 0. The number of aromatic nitrogens is 1. The van der Waals surface area contributed by atoms with Gasteiger partial charge >= 0.3 is 5.97 Å². The molecule has 128 valence electrons. The molecule has 1 heterocycles. The number of amides is 1. The molecule has 1 aromatic rings. The van der Waals surface area contributed by atoms with Gasteiger partial charge in [0, 0.05) is 11.3 Å². The molecule has 2 unspecified atom stereocenters. The van der Waals surface area contributed by atoms with E-state index in [1.54, 1.807) is 6.92 Å². The van der Waals surface area contributed by atoms with Crippen molar-refractivity contribution in [2.45, 2.75) is 37.7 Å². The SMILES string of the molecule is CCOC(=O)C1CCC(F)(F)c2nc(NC(=O)C(F)Cl)sc2C1. The summed E-state index contributed by atoms with van der Waals surface area (Å²) in [5.74, 6) is -5.65. The fourth-order valence-electron chi connectivity index (χ4n) is 2.25. The number of nitrogens with zero attached hydrogens (tertiary/aromatic N) is 1. The minimum atomic E-state index is -3.23. The van der Waals surface area contributed by atoms with Crippen LogP contribution in [0.5, 0.6) is 0 Å². The Labute approximate surface area is 139 Å².